The van der Waals surface area contributed by atoms with Gasteiger partial charge in [0.1, 0.15) is 11.5 Å². The van der Waals surface area contributed by atoms with Crippen LogP contribution >= 0.6 is 11.6 Å². The average Bonchev–Trinajstić information content (AvgIpc) is 2.57. The van der Waals surface area contributed by atoms with E-state index >= 15 is 0 Å². The number of phenolic OH excluding ortho intramolecular Hbond substituents is 2. The molecular formula is C20H27ClO4. The normalized spacial score (nSPS) is 13.8. The van der Waals surface area contributed by atoms with Crippen LogP contribution in [-0.2, 0) is 6.42 Å². The molecule has 0 bridgehead atoms. The molecule has 25 heavy (non-hydrogen) atoms. The summed E-state index contributed by atoms with van der Waals surface area (Å²) in [7, 11) is 0. The summed E-state index contributed by atoms with van der Waals surface area (Å²) in [5, 5.41) is 29.9. The standard InChI is InChI=1S/C20H27ClO4/c1-5-18(23)16-11-17(21)20(25)15(19(16)24)10-9-12(2)7-6-8-13(3)14(4)22/h8-9,11,14,22,24-25H,5-7,10H2,1-4H3. The van der Waals surface area contributed by atoms with Crippen molar-refractivity contribution in [2.45, 2.75) is 59.5 Å². The topological polar surface area (TPSA) is 77.8 Å². The molecule has 0 radical (unpaired) electrons. The van der Waals surface area contributed by atoms with Crippen molar-refractivity contribution in [1.29, 1.82) is 0 Å². The van der Waals surface area contributed by atoms with E-state index < -0.39 is 6.10 Å². The summed E-state index contributed by atoms with van der Waals surface area (Å²) in [5.41, 5.74) is 2.42. The van der Waals surface area contributed by atoms with Gasteiger partial charge in [-0.15, -0.1) is 0 Å². The van der Waals surface area contributed by atoms with E-state index in [9.17, 15) is 20.1 Å². The van der Waals surface area contributed by atoms with E-state index in [1.54, 1.807) is 13.8 Å². The molecule has 0 spiro atoms. The van der Waals surface area contributed by atoms with Gasteiger partial charge in [-0.25, -0.2) is 0 Å². The highest BCUT2D eigenvalue weighted by Gasteiger charge is 2.19. The number of ketones is 1. The Morgan fingerprint density at radius 3 is 2.44 bits per heavy atom. The molecule has 1 atom stereocenters. The van der Waals surface area contributed by atoms with Crippen LogP contribution in [0, 0.1) is 0 Å². The first-order valence-electron chi connectivity index (χ1n) is 8.45. The van der Waals surface area contributed by atoms with E-state index in [1.165, 1.54) is 6.07 Å². The maximum atomic E-state index is 11.9. The molecule has 4 nitrogen and oxygen atoms in total. The van der Waals surface area contributed by atoms with Crippen LogP contribution in [0.2, 0.25) is 5.02 Å². The van der Waals surface area contributed by atoms with Gasteiger partial charge in [0, 0.05) is 12.0 Å². The lowest BCUT2D eigenvalue weighted by atomic mass is 9.99. The lowest BCUT2D eigenvalue weighted by Gasteiger charge is -2.12. The van der Waals surface area contributed by atoms with Gasteiger partial charge < -0.3 is 15.3 Å². The molecule has 1 unspecified atom stereocenters. The van der Waals surface area contributed by atoms with Crippen molar-refractivity contribution in [1.82, 2.24) is 0 Å². The highest BCUT2D eigenvalue weighted by atomic mass is 35.5. The minimum atomic E-state index is -0.445. The minimum absolute atomic E-state index is 0.0612. The summed E-state index contributed by atoms with van der Waals surface area (Å²) in [6, 6.07) is 1.31. The molecule has 0 fully saturated rings. The van der Waals surface area contributed by atoms with Crippen molar-refractivity contribution in [3.05, 3.63) is 45.5 Å². The highest BCUT2D eigenvalue weighted by molar-refractivity contribution is 6.32. The molecule has 5 heteroatoms. The largest absolute Gasteiger partial charge is 0.507 e. The molecule has 0 aliphatic rings. The number of carbonyl (C=O) groups is 1. The molecule has 0 aromatic heterocycles. The van der Waals surface area contributed by atoms with E-state index in [0.717, 1.165) is 24.0 Å². The zero-order valence-corrected chi connectivity index (χ0v) is 16.0. The molecule has 0 aliphatic carbocycles. The van der Waals surface area contributed by atoms with Crippen molar-refractivity contribution in [3.63, 3.8) is 0 Å². The first-order chi connectivity index (χ1) is 11.7. The third-order valence-corrected chi connectivity index (χ3v) is 4.55. The fourth-order valence-electron chi connectivity index (χ4n) is 2.36. The molecule has 0 amide bonds. The van der Waals surface area contributed by atoms with Crippen molar-refractivity contribution >= 4 is 17.4 Å². The van der Waals surface area contributed by atoms with E-state index in [-0.39, 0.29) is 46.3 Å². The predicted octanol–water partition coefficient (Wildman–Crippen LogP) is 4.94. The van der Waals surface area contributed by atoms with Crippen LogP contribution in [0.5, 0.6) is 11.5 Å². The van der Waals surface area contributed by atoms with Crippen molar-refractivity contribution in [3.8, 4) is 11.5 Å². The molecule has 3 N–H and O–H groups in total. The monoisotopic (exact) mass is 366 g/mol. The highest BCUT2D eigenvalue weighted by Crippen LogP contribution is 2.38. The third-order valence-electron chi connectivity index (χ3n) is 4.26. The van der Waals surface area contributed by atoms with Crippen LogP contribution in [0.3, 0.4) is 0 Å². The summed E-state index contributed by atoms with van der Waals surface area (Å²) in [6.45, 7) is 7.28. The number of carbonyl (C=O) groups excluding carboxylic acids is 1. The van der Waals surface area contributed by atoms with Crippen LogP contribution in [0.1, 0.15) is 62.9 Å². The number of aromatic hydroxyl groups is 2. The van der Waals surface area contributed by atoms with Crippen LogP contribution < -0.4 is 0 Å². The maximum absolute atomic E-state index is 11.9. The van der Waals surface area contributed by atoms with E-state index in [0.29, 0.717) is 0 Å². The molecule has 1 rings (SSSR count). The van der Waals surface area contributed by atoms with Gasteiger partial charge in [0.05, 0.1) is 16.7 Å². The second-order valence-electron chi connectivity index (χ2n) is 6.28. The number of allylic oxidation sites excluding steroid dienone is 3. The molecule has 0 saturated carbocycles. The van der Waals surface area contributed by atoms with Crippen LogP contribution in [0.15, 0.2) is 29.4 Å². The maximum Gasteiger partial charge on any atom is 0.166 e. The first kappa shape index (κ1) is 21.3. The van der Waals surface area contributed by atoms with Gasteiger partial charge in [0.25, 0.3) is 0 Å². The predicted molar refractivity (Wildman–Crippen MR) is 102 cm³/mol. The average molecular weight is 367 g/mol. The number of phenols is 2. The van der Waals surface area contributed by atoms with Gasteiger partial charge in [-0.2, -0.15) is 0 Å². The summed E-state index contributed by atoms with van der Waals surface area (Å²) in [6.07, 6.45) is 5.58. The molecule has 1 aromatic carbocycles. The van der Waals surface area contributed by atoms with Gasteiger partial charge in [-0.1, -0.05) is 36.2 Å². The Bertz CT molecular complexity index is 687. The number of hydrogen-bond acceptors (Lipinski definition) is 4. The molecule has 0 saturated heterocycles. The van der Waals surface area contributed by atoms with Gasteiger partial charge in [-0.3, -0.25) is 4.79 Å². The summed E-state index contributed by atoms with van der Waals surface area (Å²) < 4.78 is 0. The minimum Gasteiger partial charge on any atom is -0.507 e. The molecule has 1 aromatic rings. The first-order valence-corrected chi connectivity index (χ1v) is 8.83. The second-order valence-corrected chi connectivity index (χ2v) is 6.68. The summed E-state index contributed by atoms with van der Waals surface area (Å²) >= 11 is 5.99. The summed E-state index contributed by atoms with van der Waals surface area (Å²) in [5.74, 6) is -0.622. The lowest BCUT2D eigenvalue weighted by Crippen LogP contribution is -2.00. The number of rotatable bonds is 8. The number of hydrogen-bond donors (Lipinski definition) is 3. The third kappa shape index (κ3) is 5.91. The van der Waals surface area contributed by atoms with Crippen LogP contribution in [-0.4, -0.2) is 27.2 Å². The Balaban J connectivity index is 2.93. The number of Topliss-reactive ketones (excluding diaryl/α,β-unsaturated/α-hetero) is 1. The SMILES string of the molecule is CCC(=O)c1cc(Cl)c(O)c(CC=C(C)CCC=C(C)C(C)O)c1O. The molecule has 138 valence electrons. The molecular weight excluding hydrogens is 340 g/mol. The smallest absolute Gasteiger partial charge is 0.166 e. The molecule has 0 heterocycles. The van der Waals surface area contributed by atoms with Gasteiger partial charge in [0.15, 0.2) is 5.78 Å². The van der Waals surface area contributed by atoms with E-state index in [4.69, 9.17) is 11.6 Å². The zero-order chi connectivity index (χ0) is 19.1. The van der Waals surface area contributed by atoms with Gasteiger partial charge >= 0.3 is 0 Å². The van der Waals surface area contributed by atoms with Crippen molar-refractivity contribution in [2.24, 2.45) is 0 Å². The van der Waals surface area contributed by atoms with Gasteiger partial charge in [0.2, 0.25) is 0 Å². The van der Waals surface area contributed by atoms with E-state index in [2.05, 4.69) is 0 Å². The second kappa shape index (κ2) is 9.64. The van der Waals surface area contributed by atoms with Crippen LogP contribution in [0.4, 0.5) is 0 Å². The summed E-state index contributed by atoms with van der Waals surface area (Å²) in [4.78, 5) is 11.9. The lowest BCUT2D eigenvalue weighted by molar-refractivity contribution is 0.0985. The van der Waals surface area contributed by atoms with Crippen molar-refractivity contribution in [2.75, 3.05) is 0 Å². The Morgan fingerprint density at radius 2 is 1.88 bits per heavy atom. The quantitative estimate of drug-likeness (QED) is 0.449. The number of benzene rings is 1. The van der Waals surface area contributed by atoms with Crippen molar-refractivity contribution < 1.29 is 20.1 Å². The Labute approximate surface area is 154 Å². The van der Waals surface area contributed by atoms with Gasteiger partial charge in [-0.05, 0) is 51.7 Å². The number of halogens is 1. The Hall–Kier alpha value is -1.78. The fraction of sp³-hybridized carbons (Fsp3) is 0.450. The zero-order valence-electron chi connectivity index (χ0n) is 15.3. The van der Waals surface area contributed by atoms with E-state index in [1.807, 2.05) is 26.0 Å². The fourth-order valence-corrected chi connectivity index (χ4v) is 2.58. The molecule has 0 aliphatic heterocycles. The number of aliphatic hydroxyl groups is 1. The Kier molecular flexibility index (Phi) is 8.20. The Morgan fingerprint density at radius 1 is 1.24 bits per heavy atom. The number of aliphatic hydroxyl groups excluding tert-OH is 1. The van der Waals surface area contributed by atoms with Crippen LogP contribution in [0.25, 0.3) is 0 Å².